The number of para-hydroxylation sites is 2. The molecule has 0 unspecified atom stereocenters. The number of ether oxygens (including phenoxy) is 1. The van der Waals surface area contributed by atoms with Crippen LogP contribution < -0.4 is 15.5 Å². The summed E-state index contributed by atoms with van der Waals surface area (Å²) in [5.41, 5.74) is 2.76. The van der Waals surface area contributed by atoms with E-state index in [1.807, 2.05) is 6.07 Å². The third kappa shape index (κ3) is 4.95. The standard InChI is InChI=1S/C16H14F3N3OS/c1-23-14-8-3-2-7-13(14)21-15(24)22-20-10-11-5-4-6-12(9-11)16(17,18)19/h2-10H,1H3,(H2,21,22,24)/b20-10-. The van der Waals surface area contributed by atoms with Crippen molar-refractivity contribution < 1.29 is 17.9 Å². The highest BCUT2D eigenvalue weighted by Gasteiger charge is 2.30. The van der Waals surface area contributed by atoms with Crippen LogP contribution in [-0.4, -0.2) is 18.4 Å². The van der Waals surface area contributed by atoms with Crippen molar-refractivity contribution in [3.05, 3.63) is 59.7 Å². The van der Waals surface area contributed by atoms with E-state index < -0.39 is 11.7 Å². The lowest BCUT2D eigenvalue weighted by Crippen LogP contribution is -2.24. The van der Waals surface area contributed by atoms with Crippen LogP contribution in [0.15, 0.2) is 53.6 Å². The fraction of sp³-hybridized carbons (Fsp3) is 0.125. The Kier molecular flexibility index (Phi) is 5.75. The highest BCUT2D eigenvalue weighted by Crippen LogP contribution is 2.29. The number of thiocarbonyl (C=S) groups is 1. The highest BCUT2D eigenvalue weighted by atomic mass is 32.1. The van der Waals surface area contributed by atoms with Crippen molar-refractivity contribution >= 4 is 29.2 Å². The van der Waals surface area contributed by atoms with Crippen molar-refractivity contribution in [3.8, 4) is 5.75 Å². The lowest BCUT2D eigenvalue weighted by molar-refractivity contribution is -0.137. The maximum atomic E-state index is 12.6. The number of anilines is 1. The van der Waals surface area contributed by atoms with E-state index >= 15 is 0 Å². The van der Waals surface area contributed by atoms with Gasteiger partial charge < -0.3 is 10.1 Å². The summed E-state index contributed by atoms with van der Waals surface area (Å²) in [6.07, 6.45) is -3.14. The molecule has 0 aliphatic rings. The van der Waals surface area contributed by atoms with Gasteiger partial charge in [-0.25, -0.2) is 0 Å². The van der Waals surface area contributed by atoms with E-state index in [9.17, 15) is 13.2 Å². The van der Waals surface area contributed by atoms with E-state index in [2.05, 4.69) is 15.8 Å². The number of benzene rings is 2. The van der Waals surface area contributed by atoms with Crippen molar-refractivity contribution in [1.82, 2.24) is 5.43 Å². The maximum absolute atomic E-state index is 12.6. The van der Waals surface area contributed by atoms with Crippen LogP contribution in [0.3, 0.4) is 0 Å². The minimum atomic E-state index is -4.39. The minimum absolute atomic E-state index is 0.183. The largest absolute Gasteiger partial charge is 0.495 e. The lowest BCUT2D eigenvalue weighted by atomic mass is 10.1. The van der Waals surface area contributed by atoms with Gasteiger partial charge in [0.25, 0.3) is 0 Å². The molecule has 0 bridgehead atoms. The van der Waals surface area contributed by atoms with Gasteiger partial charge in [0.2, 0.25) is 0 Å². The molecular weight excluding hydrogens is 339 g/mol. The number of hydrogen-bond donors (Lipinski definition) is 2. The average Bonchev–Trinajstić information content (AvgIpc) is 2.55. The molecule has 0 aliphatic heterocycles. The van der Waals surface area contributed by atoms with E-state index in [4.69, 9.17) is 17.0 Å². The van der Waals surface area contributed by atoms with Crippen LogP contribution in [0.25, 0.3) is 0 Å². The Balaban J connectivity index is 1.98. The van der Waals surface area contributed by atoms with Crippen LogP contribution in [-0.2, 0) is 6.18 Å². The number of alkyl halides is 3. The molecule has 0 radical (unpaired) electrons. The second-order valence-electron chi connectivity index (χ2n) is 4.65. The van der Waals surface area contributed by atoms with Gasteiger partial charge in [-0.15, -0.1) is 0 Å². The Morgan fingerprint density at radius 3 is 2.62 bits per heavy atom. The van der Waals surface area contributed by atoms with Crippen LogP contribution in [0.2, 0.25) is 0 Å². The molecule has 2 aromatic rings. The molecule has 0 spiro atoms. The second kappa shape index (κ2) is 7.78. The van der Waals surface area contributed by atoms with Gasteiger partial charge in [-0.2, -0.15) is 18.3 Å². The normalized spacial score (nSPS) is 11.3. The van der Waals surface area contributed by atoms with E-state index in [0.29, 0.717) is 17.0 Å². The molecule has 24 heavy (non-hydrogen) atoms. The third-order valence-corrected chi connectivity index (χ3v) is 3.14. The summed E-state index contributed by atoms with van der Waals surface area (Å²) in [6.45, 7) is 0. The van der Waals surface area contributed by atoms with Crippen molar-refractivity contribution in [1.29, 1.82) is 0 Å². The van der Waals surface area contributed by atoms with Gasteiger partial charge in [0.05, 0.1) is 24.6 Å². The summed E-state index contributed by atoms with van der Waals surface area (Å²) in [5, 5.41) is 6.90. The molecule has 0 saturated heterocycles. The first kappa shape index (κ1) is 17.7. The number of methoxy groups -OCH3 is 1. The van der Waals surface area contributed by atoms with Gasteiger partial charge in [-0.3, -0.25) is 5.43 Å². The van der Waals surface area contributed by atoms with E-state index in [1.54, 1.807) is 18.2 Å². The maximum Gasteiger partial charge on any atom is 0.416 e. The number of hydrogen-bond acceptors (Lipinski definition) is 3. The first-order chi connectivity index (χ1) is 11.4. The molecule has 8 heteroatoms. The topological polar surface area (TPSA) is 45.6 Å². The molecule has 0 amide bonds. The van der Waals surface area contributed by atoms with Gasteiger partial charge >= 0.3 is 6.18 Å². The first-order valence-corrected chi connectivity index (χ1v) is 7.21. The molecule has 2 rings (SSSR count). The second-order valence-corrected chi connectivity index (χ2v) is 5.06. The van der Waals surface area contributed by atoms with Gasteiger partial charge in [0.1, 0.15) is 5.75 Å². The molecule has 126 valence electrons. The first-order valence-electron chi connectivity index (χ1n) is 6.80. The Labute approximate surface area is 142 Å². The molecule has 0 aromatic heterocycles. The van der Waals surface area contributed by atoms with Crippen molar-refractivity contribution in [2.24, 2.45) is 5.10 Å². The van der Waals surface area contributed by atoms with Crippen LogP contribution >= 0.6 is 12.2 Å². The van der Waals surface area contributed by atoms with Gasteiger partial charge in [0, 0.05) is 0 Å². The van der Waals surface area contributed by atoms with E-state index in [0.717, 1.165) is 12.1 Å². The number of nitrogens with one attached hydrogen (secondary N) is 2. The van der Waals surface area contributed by atoms with Crippen LogP contribution in [0, 0.1) is 0 Å². The zero-order valence-electron chi connectivity index (χ0n) is 12.6. The SMILES string of the molecule is COc1ccccc1NC(=S)N/N=C\c1cccc(C(F)(F)F)c1. The zero-order chi connectivity index (χ0) is 17.6. The summed E-state index contributed by atoms with van der Waals surface area (Å²) in [5.74, 6) is 0.600. The third-order valence-electron chi connectivity index (χ3n) is 2.95. The van der Waals surface area contributed by atoms with Crippen LogP contribution in [0.1, 0.15) is 11.1 Å². The smallest absolute Gasteiger partial charge is 0.416 e. The number of hydrazone groups is 1. The molecule has 0 aliphatic carbocycles. The molecule has 0 heterocycles. The lowest BCUT2D eigenvalue weighted by Gasteiger charge is -2.10. The molecule has 2 N–H and O–H groups in total. The minimum Gasteiger partial charge on any atom is -0.495 e. The van der Waals surface area contributed by atoms with Crippen molar-refractivity contribution in [2.45, 2.75) is 6.18 Å². The number of rotatable bonds is 4. The van der Waals surface area contributed by atoms with Crippen molar-refractivity contribution in [3.63, 3.8) is 0 Å². The Morgan fingerprint density at radius 1 is 1.17 bits per heavy atom. The predicted molar refractivity (Wildman–Crippen MR) is 91.4 cm³/mol. The average molecular weight is 353 g/mol. The van der Waals surface area contributed by atoms with E-state index in [1.165, 1.54) is 25.5 Å². The number of halogens is 3. The fourth-order valence-electron chi connectivity index (χ4n) is 1.86. The molecular formula is C16H14F3N3OS. The monoisotopic (exact) mass is 353 g/mol. The summed E-state index contributed by atoms with van der Waals surface area (Å²) in [7, 11) is 1.53. The summed E-state index contributed by atoms with van der Waals surface area (Å²) >= 11 is 5.07. The molecule has 0 fully saturated rings. The van der Waals surface area contributed by atoms with Crippen LogP contribution in [0.4, 0.5) is 18.9 Å². The van der Waals surface area contributed by atoms with Gasteiger partial charge in [-0.1, -0.05) is 24.3 Å². The summed E-state index contributed by atoms with van der Waals surface area (Å²) < 4.78 is 43.1. The zero-order valence-corrected chi connectivity index (χ0v) is 13.4. The quantitative estimate of drug-likeness (QED) is 0.495. The molecule has 4 nitrogen and oxygen atoms in total. The van der Waals surface area contributed by atoms with Crippen molar-refractivity contribution in [2.75, 3.05) is 12.4 Å². The predicted octanol–water partition coefficient (Wildman–Crippen LogP) is 4.03. The summed E-state index contributed by atoms with van der Waals surface area (Å²) in [4.78, 5) is 0. The van der Waals surface area contributed by atoms with Gasteiger partial charge in [-0.05, 0) is 42.0 Å². The van der Waals surface area contributed by atoms with E-state index in [-0.39, 0.29) is 5.11 Å². The molecule has 0 atom stereocenters. The Bertz CT molecular complexity index is 747. The fourth-order valence-corrected chi connectivity index (χ4v) is 2.02. The summed E-state index contributed by atoms with van der Waals surface area (Å²) in [6, 6.07) is 12.0. The number of nitrogens with zero attached hydrogens (tertiary/aromatic N) is 1. The molecule has 2 aromatic carbocycles. The Morgan fingerprint density at radius 2 is 1.92 bits per heavy atom. The highest BCUT2D eigenvalue weighted by molar-refractivity contribution is 7.80. The Hall–Kier alpha value is -2.61. The van der Waals surface area contributed by atoms with Gasteiger partial charge in [0.15, 0.2) is 5.11 Å². The van der Waals surface area contributed by atoms with Crippen LogP contribution in [0.5, 0.6) is 5.75 Å². The molecule has 0 saturated carbocycles.